The lowest BCUT2D eigenvalue weighted by Gasteiger charge is -2.12. The number of ether oxygens (including phenoxy) is 2. The third kappa shape index (κ3) is 4.61. The first kappa shape index (κ1) is 17.9. The zero-order chi connectivity index (χ0) is 18.4. The number of amides is 2. The number of benzene rings is 2. The van der Waals surface area contributed by atoms with Crippen molar-refractivity contribution in [2.45, 2.75) is 18.9 Å². The topological polar surface area (TPSA) is 76.7 Å². The highest BCUT2D eigenvalue weighted by Gasteiger charge is 2.17. The molecule has 0 spiro atoms. The molecule has 1 heterocycles. The van der Waals surface area contributed by atoms with E-state index in [2.05, 4.69) is 10.6 Å². The first-order chi connectivity index (χ1) is 12.7. The van der Waals surface area contributed by atoms with Gasteiger partial charge in [0, 0.05) is 30.0 Å². The van der Waals surface area contributed by atoms with E-state index >= 15 is 0 Å². The summed E-state index contributed by atoms with van der Waals surface area (Å²) in [6.45, 7) is 1.26. The van der Waals surface area contributed by atoms with E-state index < -0.39 is 0 Å². The molecule has 2 amide bonds. The van der Waals surface area contributed by atoms with Crippen LogP contribution in [0.4, 0.5) is 5.69 Å². The Bertz CT molecular complexity index is 785. The van der Waals surface area contributed by atoms with Gasteiger partial charge in [-0.2, -0.15) is 0 Å². The number of carbonyl (C=O) groups excluding carboxylic acids is 2. The lowest BCUT2D eigenvalue weighted by molar-refractivity contribution is 0.0857. The average Bonchev–Trinajstić information content (AvgIpc) is 3.20. The molecule has 1 fully saturated rings. The lowest BCUT2D eigenvalue weighted by atomic mass is 10.1. The van der Waals surface area contributed by atoms with Gasteiger partial charge in [-0.25, -0.2) is 0 Å². The Morgan fingerprint density at radius 3 is 2.62 bits per heavy atom. The molecule has 2 aromatic rings. The Morgan fingerprint density at radius 1 is 1.12 bits per heavy atom. The molecule has 26 heavy (non-hydrogen) atoms. The molecular weight excluding hydrogens is 332 g/mol. The standard InChI is InChI=1S/C20H22N2O4/c1-25-17-8-3-6-15(12-17)20(24)22-16-7-2-5-14(11-16)19(23)21-13-18-9-4-10-26-18/h2-3,5-8,11-12,18H,4,9-10,13H2,1H3,(H,21,23)(H,22,24)/t18-/m0/s1. The van der Waals surface area contributed by atoms with Crippen molar-refractivity contribution >= 4 is 17.5 Å². The summed E-state index contributed by atoms with van der Waals surface area (Å²) in [7, 11) is 1.55. The maximum absolute atomic E-state index is 12.4. The van der Waals surface area contributed by atoms with Crippen LogP contribution in [0, 0.1) is 0 Å². The Hall–Kier alpha value is -2.86. The van der Waals surface area contributed by atoms with Crippen LogP contribution in [-0.4, -0.2) is 38.2 Å². The quantitative estimate of drug-likeness (QED) is 0.836. The van der Waals surface area contributed by atoms with Crippen molar-refractivity contribution in [3.63, 3.8) is 0 Å². The number of methoxy groups -OCH3 is 1. The van der Waals surface area contributed by atoms with Gasteiger partial charge in [0.05, 0.1) is 13.2 Å². The predicted molar refractivity (Wildman–Crippen MR) is 98.7 cm³/mol. The molecule has 1 atom stereocenters. The minimum Gasteiger partial charge on any atom is -0.497 e. The first-order valence-electron chi connectivity index (χ1n) is 8.61. The van der Waals surface area contributed by atoms with Crippen molar-refractivity contribution in [3.8, 4) is 5.75 Å². The highest BCUT2D eigenvalue weighted by atomic mass is 16.5. The molecule has 2 N–H and O–H groups in total. The molecule has 6 heteroatoms. The molecule has 0 aromatic heterocycles. The van der Waals surface area contributed by atoms with Gasteiger partial charge in [-0.15, -0.1) is 0 Å². The summed E-state index contributed by atoms with van der Waals surface area (Å²) >= 11 is 0. The van der Waals surface area contributed by atoms with Crippen LogP contribution >= 0.6 is 0 Å². The first-order valence-corrected chi connectivity index (χ1v) is 8.61. The fraction of sp³-hybridized carbons (Fsp3) is 0.300. The number of carbonyl (C=O) groups is 2. The molecule has 136 valence electrons. The van der Waals surface area contributed by atoms with Crippen LogP contribution in [0.1, 0.15) is 33.6 Å². The molecule has 1 aliphatic heterocycles. The Morgan fingerprint density at radius 2 is 1.88 bits per heavy atom. The van der Waals surface area contributed by atoms with E-state index in [9.17, 15) is 9.59 Å². The molecule has 1 saturated heterocycles. The summed E-state index contributed by atoms with van der Waals surface area (Å²) in [6, 6.07) is 13.7. The van der Waals surface area contributed by atoms with Gasteiger partial charge in [0.25, 0.3) is 11.8 Å². The number of nitrogens with one attached hydrogen (secondary N) is 2. The second kappa shape index (κ2) is 8.49. The fourth-order valence-electron chi connectivity index (χ4n) is 2.82. The minimum absolute atomic E-state index is 0.0925. The van der Waals surface area contributed by atoms with Crippen LogP contribution < -0.4 is 15.4 Å². The molecule has 0 aliphatic carbocycles. The Kier molecular flexibility index (Phi) is 5.86. The summed E-state index contributed by atoms with van der Waals surface area (Å²) in [5.41, 5.74) is 1.53. The third-order valence-electron chi connectivity index (χ3n) is 4.23. The second-order valence-electron chi connectivity index (χ2n) is 6.11. The van der Waals surface area contributed by atoms with Gasteiger partial charge in [0.1, 0.15) is 5.75 Å². The van der Waals surface area contributed by atoms with Gasteiger partial charge in [-0.05, 0) is 49.2 Å². The highest BCUT2D eigenvalue weighted by Crippen LogP contribution is 2.16. The molecule has 2 aromatic carbocycles. The van der Waals surface area contributed by atoms with E-state index in [1.165, 1.54) is 0 Å². The van der Waals surface area contributed by atoms with Crippen molar-refractivity contribution in [2.75, 3.05) is 25.6 Å². The maximum atomic E-state index is 12.4. The molecule has 0 bridgehead atoms. The van der Waals surface area contributed by atoms with Gasteiger partial charge < -0.3 is 20.1 Å². The summed E-state index contributed by atoms with van der Waals surface area (Å²) in [5, 5.41) is 5.68. The van der Waals surface area contributed by atoms with E-state index in [0.717, 1.165) is 19.4 Å². The van der Waals surface area contributed by atoms with Crippen LogP contribution in [0.5, 0.6) is 5.75 Å². The molecule has 0 unspecified atom stereocenters. The lowest BCUT2D eigenvalue weighted by Crippen LogP contribution is -2.31. The monoisotopic (exact) mass is 354 g/mol. The van der Waals surface area contributed by atoms with E-state index in [1.807, 2.05) is 0 Å². The Balaban J connectivity index is 1.62. The second-order valence-corrected chi connectivity index (χ2v) is 6.11. The zero-order valence-corrected chi connectivity index (χ0v) is 14.7. The molecule has 6 nitrogen and oxygen atoms in total. The van der Waals surface area contributed by atoms with Gasteiger partial charge in [0.2, 0.25) is 0 Å². The fourth-order valence-corrected chi connectivity index (χ4v) is 2.82. The van der Waals surface area contributed by atoms with Crippen LogP contribution in [-0.2, 0) is 4.74 Å². The number of hydrogen-bond acceptors (Lipinski definition) is 4. The molecule has 1 aliphatic rings. The van der Waals surface area contributed by atoms with E-state index in [1.54, 1.807) is 55.6 Å². The molecule has 0 saturated carbocycles. The maximum Gasteiger partial charge on any atom is 0.255 e. The number of hydrogen-bond donors (Lipinski definition) is 2. The molecule has 0 radical (unpaired) electrons. The summed E-state index contributed by atoms with van der Waals surface area (Å²) in [5.74, 6) is 0.165. The summed E-state index contributed by atoms with van der Waals surface area (Å²) in [4.78, 5) is 24.7. The van der Waals surface area contributed by atoms with Crippen LogP contribution in [0.2, 0.25) is 0 Å². The zero-order valence-electron chi connectivity index (χ0n) is 14.7. The van der Waals surface area contributed by atoms with E-state index in [0.29, 0.717) is 29.1 Å². The van der Waals surface area contributed by atoms with Crippen molar-refractivity contribution in [3.05, 3.63) is 59.7 Å². The minimum atomic E-state index is -0.263. The number of rotatable bonds is 6. The normalized spacial score (nSPS) is 16.1. The van der Waals surface area contributed by atoms with Crippen LogP contribution in [0.25, 0.3) is 0 Å². The van der Waals surface area contributed by atoms with E-state index in [4.69, 9.17) is 9.47 Å². The van der Waals surface area contributed by atoms with Crippen LogP contribution in [0.15, 0.2) is 48.5 Å². The van der Waals surface area contributed by atoms with Gasteiger partial charge >= 0.3 is 0 Å². The van der Waals surface area contributed by atoms with Crippen molar-refractivity contribution in [1.82, 2.24) is 5.32 Å². The Labute approximate surface area is 152 Å². The highest BCUT2D eigenvalue weighted by molar-refractivity contribution is 6.05. The van der Waals surface area contributed by atoms with E-state index in [-0.39, 0.29) is 17.9 Å². The smallest absolute Gasteiger partial charge is 0.255 e. The van der Waals surface area contributed by atoms with Crippen molar-refractivity contribution in [1.29, 1.82) is 0 Å². The van der Waals surface area contributed by atoms with Crippen LogP contribution in [0.3, 0.4) is 0 Å². The van der Waals surface area contributed by atoms with Gasteiger partial charge in [-0.1, -0.05) is 12.1 Å². The summed E-state index contributed by atoms with van der Waals surface area (Å²) in [6.07, 6.45) is 2.10. The third-order valence-corrected chi connectivity index (χ3v) is 4.23. The molecular formula is C20H22N2O4. The van der Waals surface area contributed by atoms with Crippen molar-refractivity contribution in [2.24, 2.45) is 0 Å². The van der Waals surface area contributed by atoms with Gasteiger partial charge in [0.15, 0.2) is 0 Å². The largest absolute Gasteiger partial charge is 0.497 e. The van der Waals surface area contributed by atoms with Crippen molar-refractivity contribution < 1.29 is 19.1 Å². The number of anilines is 1. The average molecular weight is 354 g/mol. The summed E-state index contributed by atoms with van der Waals surface area (Å²) < 4.78 is 10.6. The molecule has 3 rings (SSSR count). The SMILES string of the molecule is COc1cccc(C(=O)Nc2cccc(C(=O)NC[C@@H]3CCCO3)c2)c1. The predicted octanol–water partition coefficient (Wildman–Crippen LogP) is 2.86. The van der Waals surface area contributed by atoms with Gasteiger partial charge in [-0.3, -0.25) is 9.59 Å².